The van der Waals surface area contributed by atoms with Crippen LogP contribution in [0.25, 0.3) is 10.8 Å². The Morgan fingerprint density at radius 3 is 2.50 bits per heavy atom. The van der Waals surface area contributed by atoms with Crippen LogP contribution in [0.4, 0.5) is 5.82 Å². The normalized spacial score (nSPS) is 11.1. The number of benzene rings is 2. The van der Waals surface area contributed by atoms with E-state index in [0.717, 1.165) is 21.9 Å². The molecule has 138 valence electrons. The van der Waals surface area contributed by atoms with E-state index in [1.165, 1.54) is 0 Å². The molecule has 0 saturated heterocycles. The number of rotatable bonds is 5. The predicted molar refractivity (Wildman–Crippen MR) is 111 cm³/mol. The van der Waals surface area contributed by atoms with Crippen LogP contribution < -0.4 is 16.8 Å². The van der Waals surface area contributed by atoms with Crippen molar-refractivity contribution >= 4 is 47.3 Å². The van der Waals surface area contributed by atoms with E-state index in [2.05, 4.69) is 28.5 Å². The second-order valence-corrected chi connectivity index (χ2v) is 5.76. The van der Waals surface area contributed by atoms with Crippen molar-refractivity contribution in [3.8, 4) is 0 Å². The molecule has 5 nitrogen and oxygen atoms in total. The molecule has 1 amide bonds. The van der Waals surface area contributed by atoms with E-state index in [1.807, 2.05) is 30.3 Å². The second-order valence-electron chi connectivity index (χ2n) is 5.76. The average Bonchev–Trinajstić information content (AvgIpc) is 2.61. The molecule has 1 aromatic heterocycles. The Balaban J connectivity index is 0.00000169. The number of halogens is 2. The number of nitrogens with one attached hydrogen (secondary N) is 1. The monoisotopic (exact) mass is 392 g/mol. The standard InChI is InChI=1S/C19H20N4O.2ClH/c20-17(19(24)23-12-13-8-9-18(21)22-11-13)10-15-6-3-5-14-4-1-2-7-16(14)15;;/h1-9,11,17H,10,12,20H2,(H2,21,22)(H,23,24);2*1H/t17-;;/m0../s1. The lowest BCUT2D eigenvalue weighted by Crippen LogP contribution is -2.41. The number of fused-ring (bicyclic) bond motifs is 1. The molecule has 0 bridgehead atoms. The van der Waals surface area contributed by atoms with Crippen molar-refractivity contribution in [2.24, 2.45) is 5.73 Å². The number of amides is 1. The van der Waals surface area contributed by atoms with Gasteiger partial charge in [-0.05, 0) is 34.4 Å². The minimum Gasteiger partial charge on any atom is -0.384 e. The van der Waals surface area contributed by atoms with Gasteiger partial charge in [-0.15, -0.1) is 24.8 Å². The van der Waals surface area contributed by atoms with Crippen molar-refractivity contribution in [2.75, 3.05) is 5.73 Å². The van der Waals surface area contributed by atoms with E-state index >= 15 is 0 Å². The number of nitrogen functional groups attached to an aromatic ring is 1. The highest BCUT2D eigenvalue weighted by Crippen LogP contribution is 2.19. The molecule has 0 spiro atoms. The fourth-order valence-electron chi connectivity index (χ4n) is 2.66. The van der Waals surface area contributed by atoms with Crippen LogP contribution in [0.3, 0.4) is 0 Å². The third-order valence-corrected chi connectivity index (χ3v) is 3.97. The highest BCUT2D eigenvalue weighted by molar-refractivity contribution is 5.87. The third kappa shape index (κ3) is 5.33. The Morgan fingerprint density at radius 1 is 1.04 bits per heavy atom. The number of carbonyl (C=O) groups is 1. The lowest BCUT2D eigenvalue weighted by molar-refractivity contribution is -0.122. The van der Waals surface area contributed by atoms with E-state index in [-0.39, 0.29) is 30.7 Å². The maximum absolute atomic E-state index is 12.2. The van der Waals surface area contributed by atoms with Gasteiger partial charge in [0.15, 0.2) is 0 Å². The fourth-order valence-corrected chi connectivity index (χ4v) is 2.66. The fraction of sp³-hybridized carbons (Fsp3) is 0.158. The van der Waals surface area contributed by atoms with Crippen LogP contribution in [0, 0.1) is 0 Å². The molecule has 0 unspecified atom stereocenters. The predicted octanol–water partition coefficient (Wildman–Crippen LogP) is 2.85. The van der Waals surface area contributed by atoms with Crippen LogP contribution in [0.15, 0.2) is 60.8 Å². The van der Waals surface area contributed by atoms with Gasteiger partial charge >= 0.3 is 0 Å². The zero-order valence-electron chi connectivity index (χ0n) is 14.1. The number of nitrogens with zero attached hydrogens (tertiary/aromatic N) is 1. The number of carbonyl (C=O) groups excluding carboxylic acids is 1. The van der Waals surface area contributed by atoms with Crippen molar-refractivity contribution in [2.45, 2.75) is 19.0 Å². The first-order chi connectivity index (χ1) is 11.6. The molecule has 3 aromatic rings. The zero-order valence-corrected chi connectivity index (χ0v) is 15.7. The zero-order chi connectivity index (χ0) is 16.9. The Bertz CT molecular complexity index is 850. The molecule has 2 aromatic carbocycles. The summed E-state index contributed by atoms with van der Waals surface area (Å²) in [5, 5.41) is 5.12. The summed E-state index contributed by atoms with van der Waals surface area (Å²) in [6.45, 7) is 0.384. The number of hydrogen-bond acceptors (Lipinski definition) is 4. The average molecular weight is 393 g/mol. The number of hydrogen-bond donors (Lipinski definition) is 3. The molecule has 0 aliphatic carbocycles. The Kier molecular flexibility index (Phi) is 8.32. The van der Waals surface area contributed by atoms with E-state index in [0.29, 0.717) is 18.8 Å². The van der Waals surface area contributed by atoms with Crippen molar-refractivity contribution < 1.29 is 4.79 Å². The summed E-state index contributed by atoms with van der Waals surface area (Å²) in [5.41, 5.74) is 13.6. The number of aromatic nitrogens is 1. The topological polar surface area (TPSA) is 94.0 Å². The molecule has 7 heteroatoms. The van der Waals surface area contributed by atoms with E-state index in [1.54, 1.807) is 12.3 Å². The van der Waals surface area contributed by atoms with E-state index in [9.17, 15) is 4.79 Å². The van der Waals surface area contributed by atoms with Crippen LogP contribution in [0.5, 0.6) is 0 Å². The molecule has 26 heavy (non-hydrogen) atoms. The molecule has 5 N–H and O–H groups in total. The van der Waals surface area contributed by atoms with Gasteiger partial charge in [-0.25, -0.2) is 4.98 Å². The summed E-state index contributed by atoms with van der Waals surface area (Å²) in [6, 6.07) is 17.1. The lowest BCUT2D eigenvalue weighted by Gasteiger charge is -2.14. The quantitative estimate of drug-likeness (QED) is 0.621. The molecule has 1 atom stereocenters. The van der Waals surface area contributed by atoms with Gasteiger partial charge in [0.25, 0.3) is 0 Å². The minimum absolute atomic E-state index is 0. The largest absolute Gasteiger partial charge is 0.384 e. The maximum Gasteiger partial charge on any atom is 0.237 e. The SMILES string of the molecule is Cl.Cl.Nc1ccc(CNC(=O)[C@@H](N)Cc2cccc3ccccc23)cn1. The first kappa shape index (κ1) is 21.7. The van der Waals surface area contributed by atoms with E-state index in [4.69, 9.17) is 11.5 Å². The van der Waals surface area contributed by atoms with Crippen molar-refractivity contribution in [3.63, 3.8) is 0 Å². The third-order valence-electron chi connectivity index (χ3n) is 3.97. The van der Waals surface area contributed by atoms with Crippen molar-refractivity contribution in [1.29, 1.82) is 0 Å². The molecule has 3 rings (SSSR count). The lowest BCUT2D eigenvalue weighted by atomic mass is 9.99. The highest BCUT2D eigenvalue weighted by atomic mass is 35.5. The highest BCUT2D eigenvalue weighted by Gasteiger charge is 2.15. The smallest absolute Gasteiger partial charge is 0.237 e. The summed E-state index contributed by atoms with van der Waals surface area (Å²) < 4.78 is 0. The molecule has 0 saturated carbocycles. The summed E-state index contributed by atoms with van der Waals surface area (Å²) in [6.07, 6.45) is 2.14. The number of pyridine rings is 1. The number of anilines is 1. The summed E-state index contributed by atoms with van der Waals surface area (Å²) >= 11 is 0. The minimum atomic E-state index is -0.599. The molecule has 0 aliphatic rings. The van der Waals surface area contributed by atoms with Gasteiger partial charge < -0.3 is 16.8 Å². The van der Waals surface area contributed by atoms with Crippen LogP contribution in [-0.4, -0.2) is 16.9 Å². The van der Waals surface area contributed by atoms with Gasteiger partial charge in [0, 0.05) is 12.7 Å². The Hall–Kier alpha value is -2.34. The van der Waals surface area contributed by atoms with Crippen LogP contribution in [0.2, 0.25) is 0 Å². The molecule has 0 radical (unpaired) electrons. The molecule has 0 aliphatic heterocycles. The summed E-state index contributed by atoms with van der Waals surface area (Å²) in [5.74, 6) is 0.275. The van der Waals surface area contributed by atoms with Gasteiger partial charge in [-0.2, -0.15) is 0 Å². The van der Waals surface area contributed by atoms with Crippen LogP contribution in [-0.2, 0) is 17.8 Å². The van der Waals surface area contributed by atoms with Crippen LogP contribution >= 0.6 is 24.8 Å². The first-order valence-electron chi connectivity index (χ1n) is 7.84. The second kappa shape index (κ2) is 9.97. The first-order valence-corrected chi connectivity index (χ1v) is 7.84. The van der Waals surface area contributed by atoms with Gasteiger partial charge in [-0.1, -0.05) is 48.5 Å². The molecule has 0 fully saturated rings. The van der Waals surface area contributed by atoms with Gasteiger partial charge in [0.05, 0.1) is 6.04 Å². The van der Waals surface area contributed by atoms with Crippen molar-refractivity contribution in [3.05, 3.63) is 71.9 Å². The Morgan fingerprint density at radius 2 is 1.77 bits per heavy atom. The summed E-state index contributed by atoms with van der Waals surface area (Å²) in [7, 11) is 0. The van der Waals surface area contributed by atoms with Crippen LogP contribution in [0.1, 0.15) is 11.1 Å². The van der Waals surface area contributed by atoms with Gasteiger partial charge in [0.2, 0.25) is 5.91 Å². The number of nitrogens with two attached hydrogens (primary N) is 2. The van der Waals surface area contributed by atoms with Gasteiger partial charge in [-0.3, -0.25) is 4.79 Å². The van der Waals surface area contributed by atoms with E-state index < -0.39 is 6.04 Å². The molecular weight excluding hydrogens is 371 g/mol. The molecular formula is C19H22Cl2N4O. The molecule has 1 heterocycles. The Labute approximate surface area is 165 Å². The van der Waals surface area contributed by atoms with Crippen molar-refractivity contribution in [1.82, 2.24) is 10.3 Å². The van der Waals surface area contributed by atoms with Gasteiger partial charge in [0.1, 0.15) is 5.82 Å². The maximum atomic E-state index is 12.2. The summed E-state index contributed by atoms with van der Waals surface area (Å²) in [4.78, 5) is 16.2.